The van der Waals surface area contributed by atoms with Crippen LogP contribution in [0.3, 0.4) is 0 Å². The SMILES string of the molecule is NC(C(=O)O)c1cccc(CCCl)c1CCCl. The van der Waals surface area contributed by atoms with E-state index in [9.17, 15) is 4.79 Å². The van der Waals surface area contributed by atoms with Gasteiger partial charge in [0.05, 0.1) is 0 Å². The number of nitrogens with two attached hydrogens (primary N) is 1. The zero-order valence-corrected chi connectivity index (χ0v) is 10.8. The lowest BCUT2D eigenvalue weighted by Crippen LogP contribution is -2.23. The number of hydrogen-bond donors (Lipinski definition) is 2. The van der Waals surface area contributed by atoms with Crippen LogP contribution in [0.5, 0.6) is 0 Å². The van der Waals surface area contributed by atoms with Gasteiger partial charge < -0.3 is 10.8 Å². The smallest absolute Gasteiger partial charge is 0.325 e. The number of aryl methyl sites for hydroxylation is 1. The van der Waals surface area contributed by atoms with Crippen LogP contribution in [0, 0.1) is 0 Å². The molecule has 94 valence electrons. The quantitative estimate of drug-likeness (QED) is 0.784. The number of halogens is 2. The fourth-order valence-electron chi connectivity index (χ4n) is 1.81. The molecule has 0 aliphatic heterocycles. The summed E-state index contributed by atoms with van der Waals surface area (Å²) in [6.07, 6.45) is 1.29. The summed E-state index contributed by atoms with van der Waals surface area (Å²) in [6, 6.07) is 4.46. The first-order valence-corrected chi connectivity index (χ1v) is 6.39. The zero-order valence-electron chi connectivity index (χ0n) is 9.33. The van der Waals surface area contributed by atoms with Crippen molar-refractivity contribution in [2.75, 3.05) is 11.8 Å². The Morgan fingerprint density at radius 2 is 1.94 bits per heavy atom. The topological polar surface area (TPSA) is 63.3 Å². The van der Waals surface area contributed by atoms with Crippen LogP contribution < -0.4 is 5.73 Å². The van der Waals surface area contributed by atoms with Gasteiger partial charge in [0, 0.05) is 11.8 Å². The number of carbonyl (C=O) groups is 1. The van der Waals surface area contributed by atoms with E-state index in [0.29, 0.717) is 30.2 Å². The van der Waals surface area contributed by atoms with Crippen molar-refractivity contribution in [1.82, 2.24) is 0 Å². The Hall–Kier alpha value is -0.770. The molecule has 0 radical (unpaired) electrons. The Balaban J connectivity index is 3.18. The predicted molar refractivity (Wildman–Crippen MR) is 69.9 cm³/mol. The minimum atomic E-state index is -1.04. The molecule has 0 spiro atoms. The first-order chi connectivity index (χ1) is 8.11. The molecule has 0 saturated heterocycles. The van der Waals surface area contributed by atoms with Gasteiger partial charge in [-0.3, -0.25) is 4.79 Å². The van der Waals surface area contributed by atoms with Crippen molar-refractivity contribution in [3.05, 3.63) is 34.9 Å². The summed E-state index contributed by atoms with van der Waals surface area (Å²) < 4.78 is 0. The maximum Gasteiger partial charge on any atom is 0.325 e. The summed E-state index contributed by atoms with van der Waals surface area (Å²) in [6.45, 7) is 0. The van der Waals surface area contributed by atoms with Crippen molar-refractivity contribution in [3.8, 4) is 0 Å². The van der Waals surface area contributed by atoms with Crippen molar-refractivity contribution < 1.29 is 9.90 Å². The van der Waals surface area contributed by atoms with Gasteiger partial charge in [0.25, 0.3) is 0 Å². The van der Waals surface area contributed by atoms with Gasteiger partial charge in [0.1, 0.15) is 6.04 Å². The molecule has 1 rings (SSSR count). The lowest BCUT2D eigenvalue weighted by Gasteiger charge is -2.16. The molecule has 5 heteroatoms. The van der Waals surface area contributed by atoms with Gasteiger partial charge in [-0.05, 0) is 29.5 Å². The number of carboxylic acids is 1. The zero-order chi connectivity index (χ0) is 12.8. The lowest BCUT2D eigenvalue weighted by molar-refractivity contribution is -0.138. The second-order valence-electron chi connectivity index (χ2n) is 3.68. The van der Waals surface area contributed by atoms with E-state index in [2.05, 4.69) is 0 Å². The van der Waals surface area contributed by atoms with Crippen molar-refractivity contribution in [2.45, 2.75) is 18.9 Å². The van der Waals surface area contributed by atoms with Gasteiger partial charge in [-0.15, -0.1) is 23.2 Å². The highest BCUT2D eigenvalue weighted by molar-refractivity contribution is 6.18. The largest absolute Gasteiger partial charge is 0.480 e. The average molecular weight is 276 g/mol. The third kappa shape index (κ3) is 3.60. The first kappa shape index (κ1) is 14.3. The maximum absolute atomic E-state index is 10.9. The van der Waals surface area contributed by atoms with E-state index in [-0.39, 0.29) is 0 Å². The Labute approximate surface area is 111 Å². The van der Waals surface area contributed by atoms with Gasteiger partial charge in [-0.25, -0.2) is 0 Å². The van der Waals surface area contributed by atoms with E-state index in [1.165, 1.54) is 0 Å². The van der Waals surface area contributed by atoms with Crippen LogP contribution in [-0.4, -0.2) is 22.8 Å². The molecule has 1 aromatic carbocycles. The number of rotatable bonds is 6. The molecule has 1 aromatic rings. The molecule has 0 fully saturated rings. The number of aliphatic carboxylic acids is 1. The van der Waals surface area contributed by atoms with E-state index in [1.807, 2.05) is 6.07 Å². The Morgan fingerprint density at radius 3 is 2.47 bits per heavy atom. The maximum atomic E-state index is 10.9. The van der Waals surface area contributed by atoms with Gasteiger partial charge in [0.2, 0.25) is 0 Å². The van der Waals surface area contributed by atoms with Crippen molar-refractivity contribution in [3.63, 3.8) is 0 Å². The minimum absolute atomic E-state index is 0.429. The molecule has 0 aliphatic rings. The third-order valence-electron chi connectivity index (χ3n) is 2.62. The summed E-state index contributed by atoms with van der Waals surface area (Å²) in [7, 11) is 0. The van der Waals surface area contributed by atoms with Gasteiger partial charge >= 0.3 is 5.97 Å². The lowest BCUT2D eigenvalue weighted by atomic mass is 9.93. The molecule has 3 nitrogen and oxygen atoms in total. The standard InChI is InChI=1S/C12H15Cl2NO2/c13-6-4-8-2-1-3-10(9(8)5-7-14)11(15)12(16)17/h1-3,11H,4-7,15H2,(H,16,17). The van der Waals surface area contributed by atoms with E-state index < -0.39 is 12.0 Å². The van der Waals surface area contributed by atoms with Crippen LogP contribution >= 0.6 is 23.2 Å². The van der Waals surface area contributed by atoms with Crippen molar-refractivity contribution in [1.29, 1.82) is 0 Å². The van der Waals surface area contributed by atoms with Crippen LogP contribution in [0.25, 0.3) is 0 Å². The third-order valence-corrected chi connectivity index (χ3v) is 3.00. The molecule has 0 bridgehead atoms. The van der Waals surface area contributed by atoms with Crippen LogP contribution in [-0.2, 0) is 17.6 Å². The fraction of sp³-hybridized carbons (Fsp3) is 0.417. The van der Waals surface area contributed by atoms with Gasteiger partial charge in [0.15, 0.2) is 0 Å². The van der Waals surface area contributed by atoms with Gasteiger partial charge in [-0.2, -0.15) is 0 Å². The molecule has 1 unspecified atom stereocenters. The summed E-state index contributed by atoms with van der Waals surface area (Å²) >= 11 is 11.5. The highest BCUT2D eigenvalue weighted by Gasteiger charge is 2.19. The van der Waals surface area contributed by atoms with E-state index in [1.54, 1.807) is 12.1 Å². The molecule has 3 N–H and O–H groups in total. The van der Waals surface area contributed by atoms with Crippen molar-refractivity contribution >= 4 is 29.2 Å². The fourth-order valence-corrected chi connectivity index (χ4v) is 2.21. The minimum Gasteiger partial charge on any atom is -0.480 e. The number of carboxylic acid groups (broad SMARTS) is 1. The molecule has 0 aliphatic carbocycles. The summed E-state index contributed by atoms with van der Waals surface area (Å²) in [5, 5.41) is 8.96. The summed E-state index contributed by atoms with van der Waals surface area (Å²) in [4.78, 5) is 10.9. The predicted octanol–water partition coefficient (Wildman–Crippen LogP) is 2.33. The first-order valence-electron chi connectivity index (χ1n) is 5.32. The second kappa shape index (κ2) is 6.84. The van der Waals surface area contributed by atoms with Crippen molar-refractivity contribution in [2.24, 2.45) is 5.73 Å². The summed E-state index contributed by atoms with van der Waals surface area (Å²) in [5.74, 6) is -0.122. The number of alkyl halides is 2. The second-order valence-corrected chi connectivity index (χ2v) is 4.43. The van der Waals surface area contributed by atoms with Crippen LogP contribution in [0.2, 0.25) is 0 Å². The number of hydrogen-bond acceptors (Lipinski definition) is 2. The molecule has 1 atom stereocenters. The Kier molecular flexibility index (Phi) is 5.75. The van der Waals surface area contributed by atoms with Gasteiger partial charge in [-0.1, -0.05) is 18.2 Å². The van der Waals surface area contributed by atoms with E-state index in [0.717, 1.165) is 11.1 Å². The molecule has 0 heterocycles. The molecule has 17 heavy (non-hydrogen) atoms. The van der Waals surface area contributed by atoms with Crippen LogP contribution in [0.4, 0.5) is 0 Å². The molecular weight excluding hydrogens is 261 g/mol. The highest BCUT2D eigenvalue weighted by Crippen LogP contribution is 2.22. The number of benzene rings is 1. The highest BCUT2D eigenvalue weighted by atomic mass is 35.5. The summed E-state index contributed by atoms with van der Waals surface area (Å²) in [5.41, 5.74) is 8.22. The average Bonchev–Trinajstić information content (AvgIpc) is 2.31. The van der Waals surface area contributed by atoms with Crippen LogP contribution in [0.15, 0.2) is 18.2 Å². The Morgan fingerprint density at radius 1 is 1.29 bits per heavy atom. The molecule has 0 saturated carbocycles. The molecular formula is C12H15Cl2NO2. The van der Waals surface area contributed by atoms with E-state index >= 15 is 0 Å². The molecule has 0 amide bonds. The van der Waals surface area contributed by atoms with E-state index in [4.69, 9.17) is 34.0 Å². The Bertz CT molecular complexity index is 396. The van der Waals surface area contributed by atoms with Crippen LogP contribution in [0.1, 0.15) is 22.7 Å². The molecule has 0 aromatic heterocycles. The normalized spacial score (nSPS) is 12.4. The monoisotopic (exact) mass is 275 g/mol.